The van der Waals surface area contributed by atoms with Gasteiger partial charge in [-0.25, -0.2) is 9.50 Å². The first-order valence-corrected chi connectivity index (χ1v) is 10.1. The third-order valence-corrected chi connectivity index (χ3v) is 5.95. The van der Waals surface area contributed by atoms with Gasteiger partial charge >= 0.3 is 0 Å². The Hall–Kier alpha value is -2.97. The molecule has 0 spiro atoms. The molecular formula is C20H25N5O4. The molecule has 1 atom stereocenters. The lowest BCUT2D eigenvalue weighted by Crippen LogP contribution is -2.46. The summed E-state index contributed by atoms with van der Waals surface area (Å²) in [6, 6.07) is 1.88. The Labute approximate surface area is 167 Å². The summed E-state index contributed by atoms with van der Waals surface area (Å²) in [5.74, 6) is -0.724. The molecule has 2 fully saturated rings. The Kier molecular flexibility index (Phi) is 4.97. The van der Waals surface area contributed by atoms with Gasteiger partial charge in [-0.3, -0.25) is 29.2 Å². The highest BCUT2D eigenvalue weighted by Crippen LogP contribution is 2.27. The van der Waals surface area contributed by atoms with Crippen LogP contribution in [0.3, 0.4) is 0 Å². The number of nitrogens with zero attached hydrogens (tertiary/aromatic N) is 4. The highest BCUT2D eigenvalue weighted by atomic mass is 16.2. The fourth-order valence-corrected chi connectivity index (χ4v) is 4.30. The molecule has 0 radical (unpaired) electrons. The second kappa shape index (κ2) is 7.46. The van der Waals surface area contributed by atoms with Crippen molar-refractivity contribution in [1.82, 2.24) is 24.4 Å². The molecule has 154 valence electrons. The maximum Gasteiger partial charge on any atom is 0.276 e. The van der Waals surface area contributed by atoms with Gasteiger partial charge in [-0.1, -0.05) is 6.92 Å². The first-order valence-electron chi connectivity index (χ1n) is 10.1. The number of imide groups is 1. The smallest absolute Gasteiger partial charge is 0.276 e. The van der Waals surface area contributed by atoms with E-state index in [9.17, 15) is 19.2 Å². The van der Waals surface area contributed by atoms with Crippen LogP contribution in [0.1, 0.15) is 55.5 Å². The molecule has 2 saturated heterocycles. The molecule has 1 N–H and O–H groups in total. The fourth-order valence-electron chi connectivity index (χ4n) is 4.30. The lowest BCUT2D eigenvalue weighted by molar-refractivity contribution is -0.146. The van der Waals surface area contributed by atoms with Crippen molar-refractivity contribution in [3.8, 4) is 0 Å². The van der Waals surface area contributed by atoms with E-state index in [0.717, 1.165) is 29.1 Å². The van der Waals surface area contributed by atoms with Gasteiger partial charge in [0.2, 0.25) is 17.7 Å². The van der Waals surface area contributed by atoms with Crippen molar-refractivity contribution in [2.45, 2.75) is 51.9 Å². The Balaban J connectivity index is 1.53. The van der Waals surface area contributed by atoms with Crippen LogP contribution in [0.4, 0.5) is 0 Å². The van der Waals surface area contributed by atoms with Crippen LogP contribution in [0.15, 0.2) is 10.9 Å². The SMILES string of the molecule is CCc1c(C)nc2cc([C@H]3CCCN(C(=O)CN4C(=O)CCC4=O)C3)[nH]n2c1=O. The summed E-state index contributed by atoms with van der Waals surface area (Å²) in [4.78, 5) is 56.2. The lowest BCUT2D eigenvalue weighted by Gasteiger charge is -2.33. The molecule has 9 heteroatoms. The number of piperidine rings is 1. The molecule has 4 heterocycles. The topological polar surface area (TPSA) is 108 Å². The van der Waals surface area contributed by atoms with Crippen LogP contribution in [0.2, 0.25) is 0 Å². The van der Waals surface area contributed by atoms with Crippen LogP contribution in [0.25, 0.3) is 5.65 Å². The molecule has 9 nitrogen and oxygen atoms in total. The first-order chi connectivity index (χ1) is 13.9. The highest BCUT2D eigenvalue weighted by molar-refractivity contribution is 6.04. The van der Waals surface area contributed by atoms with Crippen molar-refractivity contribution in [2.24, 2.45) is 0 Å². The number of hydrogen-bond acceptors (Lipinski definition) is 5. The Morgan fingerprint density at radius 2 is 1.97 bits per heavy atom. The summed E-state index contributed by atoms with van der Waals surface area (Å²) in [5.41, 5.74) is 2.79. The van der Waals surface area contributed by atoms with Crippen LogP contribution in [-0.2, 0) is 20.8 Å². The van der Waals surface area contributed by atoms with E-state index in [4.69, 9.17) is 0 Å². The average Bonchev–Trinajstić information content (AvgIpc) is 3.27. The van der Waals surface area contributed by atoms with Gasteiger partial charge in [-0.15, -0.1) is 0 Å². The molecule has 29 heavy (non-hydrogen) atoms. The van der Waals surface area contributed by atoms with E-state index in [1.807, 2.05) is 19.9 Å². The summed E-state index contributed by atoms with van der Waals surface area (Å²) in [7, 11) is 0. The maximum absolute atomic E-state index is 12.7. The second-order valence-corrected chi connectivity index (χ2v) is 7.79. The number of fused-ring (bicyclic) bond motifs is 1. The van der Waals surface area contributed by atoms with E-state index in [2.05, 4.69) is 10.1 Å². The molecule has 0 aliphatic carbocycles. The quantitative estimate of drug-likeness (QED) is 0.764. The van der Waals surface area contributed by atoms with Crippen LogP contribution in [0.5, 0.6) is 0 Å². The Bertz CT molecular complexity index is 1040. The number of aromatic nitrogens is 3. The molecule has 0 unspecified atom stereocenters. The van der Waals surface area contributed by atoms with E-state index in [-0.39, 0.29) is 48.6 Å². The molecule has 0 saturated carbocycles. The number of rotatable bonds is 4. The minimum Gasteiger partial charge on any atom is -0.340 e. The third-order valence-electron chi connectivity index (χ3n) is 5.95. The number of likely N-dealkylation sites (tertiary alicyclic amines) is 2. The van der Waals surface area contributed by atoms with E-state index < -0.39 is 0 Å². The molecule has 2 aromatic rings. The Morgan fingerprint density at radius 3 is 2.66 bits per heavy atom. The second-order valence-electron chi connectivity index (χ2n) is 7.79. The Morgan fingerprint density at radius 1 is 1.24 bits per heavy atom. The summed E-state index contributed by atoms with van der Waals surface area (Å²) in [6.45, 7) is 4.67. The molecule has 2 aliphatic rings. The number of nitrogens with one attached hydrogen (secondary N) is 1. The van der Waals surface area contributed by atoms with E-state index >= 15 is 0 Å². The van der Waals surface area contributed by atoms with E-state index in [1.54, 1.807) is 4.90 Å². The summed E-state index contributed by atoms with van der Waals surface area (Å²) in [5, 5.41) is 3.17. The van der Waals surface area contributed by atoms with Crippen molar-refractivity contribution in [1.29, 1.82) is 0 Å². The molecule has 2 aromatic heterocycles. The molecule has 3 amide bonds. The molecule has 2 aliphatic heterocycles. The number of hydrogen-bond donors (Lipinski definition) is 1. The van der Waals surface area contributed by atoms with E-state index in [1.165, 1.54) is 4.52 Å². The molecular weight excluding hydrogens is 374 g/mol. The van der Waals surface area contributed by atoms with Gasteiger partial charge in [0.1, 0.15) is 6.54 Å². The van der Waals surface area contributed by atoms with Crippen LogP contribution in [0, 0.1) is 6.92 Å². The molecule has 0 aromatic carbocycles. The normalized spacial score (nSPS) is 20.1. The monoisotopic (exact) mass is 399 g/mol. The van der Waals surface area contributed by atoms with Crippen molar-refractivity contribution < 1.29 is 14.4 Å². The largest absolute Gasteiger partial charge is 0.340 e. The van der Waals surface area contributed by atoms with Gasteiger partial charge in [-0.2, -0.15) is 0 Å². The average molecular weight is 399 g/mol. The van der Waals surface area contributed by atoms with E-state index in [0.29, 0.717) is 30.7 Å². The maximum atomic E-state index is 12.7. The van der Waals surface area contributed by atoms with Crippen molar-refractivity contribution in [3.05, 3.63) is 33.4 Å². The van der Waals surface area contributed by atoms with Gasteiger partial charge in [0, 0.05) is 54.9 Å². The molecule has 4 rings (SSSR count). The highest BCUT2D eigenvalue weighted by Gasteiger charge is 2.33. The zero-order chi connectivity index (χ0) is 20.7. The van der Waals surface area contributed by atoms with Gasteiger partial charge in [-0.05, 0) is 26.2 Å². The van der Waals surface area contributed by atoms with Gasteiger partial charge in [0.15, 0.2) is 5.65 Å². The first kappa shape index (κ1) is 19.4. The van der Waals surface area contributed by atoms with Crippen molar-refractivity contribution >= 4 is 23.4 Å². The summed E-state index contributed by atoms with van der Waals surface area (Å²) < 4.78 is 1.48. The number of carbonyl (C=O) groups excluding carboxylic acids is 3. The van der Waals surface area contributed by atoms with Crippen LogP contribution in [-0.4, -0.2) is 61.8 Å². The number of carbonyl (C=O) groups is 3. The summed E-state index contributed by atoms with van der Waals surface area (Å²) in [6.07, 6.45) is 2.69. The van der Waals surface area contributed by atoms with Crippen molar-refractivity contribution in [2.75, 3.05) is 19.6 Å². The predicted molar refractivity (Wildman–Crippen MR) is 104 cm³/mol. The van der Waals surface area contributed by atoms with Gasteiger partial charge in [0.25, 0.3) is 5.56 Å². The number of aromatic amines is 1. The minimum atomic E-state index is -0.278. The zero-order valence-electron chi connectivity index (χ0n) is 16.7. The number of aryl methyl sites for hydroxylation is 1. The third kappa shape index (κ3) is 3.45. The minimum absolute atomic E-state index is 0.0455. The predicted octanol–water partition coefficient (Wildman–Crippen LogP) is 0.748. The molecule has 0 bridgehead atoms. The summed E-state index contributed by atoms with van der Waals surface area (Å²) >= 11 is 0. The lowest BCUT2D eigenvalue weighted by atomic mass is 9.95. The van der Waals surface area contributed by atoms with Gasteiger partial charge < -0.3 is 4.90 Å². The fraction of sp³-hybridized carbons (Fsp3) is 0.550. The standard InChI is InChI=1S/C20H25N5O4/c1-3-14-12(2)21-16-9-15(22-25(16)20(14)29)13-5-4-8-23(10-13)19(28)11-24-17(26)6-7-18(24)27/h9,13,22H,3-8,10-11H2,1-2H3/t13-/m0/s1. The number of H-pyrrole nitrogens is 1. The van der Waals surface area contributed by atoms with Gasteiger partial charge in [0.05, 0.1) is 0 Å². The van der Waals surface area contributed by atoms with Crippen molar-refractivity contribution in [3.63, 3.8) is 0 Å². The zero-order valence-corrected chi connectivity index (χ0v) is 16.7. The number of amides is 3. The van der Waals surface area contributed by atoms with Crippen LogP contribution < -0.4 is 5.56 Å². The van der Waals surface area contributed by atoms with Crippen LogP contribution >= 0.6 is 0 Å².